The Kier molecular flexibility index (Phi) is 5.37. The third kappa shape index (κ3) is 3.55. The van der Waals surface area contributed by atoms with Gasteiger partial charge in [0.2, 0.25) is 5.95 Å². The monoisotopic (exact) mass is 618 g/mol. The average molecular weight is 619 g/mol. The molecule has 2 aliphatic rings. The lowest BCUT2D eigenvalue weighted by atomic mass is 9.79. The number of hydrogen-bond acceptors (Lipinski definition) is 2. The molecule has 0 fully saturated rings. The summed E-state index contributed by atoms with van der Waals surface area (Å²) in [6, 6.07) is 41.6. The van der Waals surface area contributed by atoms with Crippen molar-refractivity contribution >= 4 is 38.8 Å². The maximum Gasteiger partial charge on any atom is 0.235 e. The third-order valence-corrected chi connectivity index (χ3v) is 10.8. The highest BCUT2D eigenvalue weighted by Crippen LogP contribution is 2.53. The first kappa shape index (κ1) is 27.4. The molecule has 230 valence electrons. The number of rotatable bonds is 3. The Balaban J connectivity index is 1.30. The summed E-state index contributed by atoms with van der Waals surface area (Å²) in [5.41, 5.74) is 13.8. The maximum atomic E-state index is 5.59. The Morgan fingerprint density at radius 1 is 0.583 bits per heavy atom. The second-order valence-electron chi connectivity index (χ2n) is 14.4. The van der Waals surface area contributed by atoms with Gasteiger partial charge in [-0.25, -0.2) is 9.97 Å². The molecule has 8 aromatic rings. The average Bonchev–Trinajstić information content (AvgIpc) is 3.84. The van der Waals surface area contributed by atoms with Gasteiger partial charge >= 0.3 is 0 Å². The van der Waals surface area contributed by atoms with Gasteiger partial charge in [-0.3, -0.25) is 4.57 Å². The maximum absolute atomic E-state index is 5.59. The molecule has 4 nitrogen and oxygen atoms in total. The molecule has 0 atom stereocenters. The molecule has 0 saturated carbocycles. The minimum Gasteiger partial charge on any atom is -0.316 e. The van der Waals surface area contributed by atoms with Gasteiger partial charge in [-0.2, -0.15) is 0 Å². The van der Waals surface area contributed by atoms with Crippen molar-refractivity contribution < 1.29 is 0 Å². The van der Waals surface area contributed by atoms with E-state index in [1.807, 2.05) is 0 Å². The molecule has 0 saturated heterocycles. The molecule has 2 aliphatic carbocycles. The smallest absolute Gasteiger partial charge is 0.235 e. The fourth-order valence-corrected chi connectivity index (χ4v) is 8.53. The molecule has 0 spiro atoms. The van der Waals surface area contributed by atoms with Crippen molar-refractivity contribution in [1.82, 2.24) is 19.1 Å². The van der Waals surface area contributed by atoms with Crippen LogP contribution in [0, 0.1) is 0 Å². The van der Waals surface area contributed by atoms with Crippen LogP contribution in [-0.2, 0) is 10.8 Å². The van der Waals surface area contributed by atoms with Gasteiger partial charge in [0.25, 0.3) is 0 Å². The molecular weight excluding hydrogens is 585 g/mol. The summed E-state index contributed by atoms with van der Waals surface area (Å²) in [6.45, 7) is 9.22. The largest absolute Gasteiger partial charge is 0.316 e. The normalized spacial score (nSPS) is 15.3. The van der Waals surface area contributed by atoms with E-state index in [-0.39, 0.29) is 10.8 Å². The number of hydrogen-bond donors (Lipinski definition) is 0. The van der Waals surface area contributed by atoms with Crippen molar-refractivity contribution in [2.75, 3.05) is 0 Å². The van der Waals surface area contributed by atoms with E-state index in [0.29, 0.717) is 5.95 Å². The van der Waals surface area contributed by atoms with Gasteiger partial charge in [-0.15, -0.1) is 0 Å². The lowest BCUT2D eigenvalue weighted by Crippen LogP contribution is -2.19. The first-order chi connectivity index (χ1) is 23.3. The van der Waals surface area contributed by atoms with Gasteiger partial charge < -0.3 is 4.57 Å². The van der Waals surface area contributed by atoms with Crippen LogP contribution in [0.25, 0.3) is 72.8 Å². The fourth-order valence-electron chi connectivity index (χ4n) is 8.53. The van der Waals surface area contributed by atoms with E-state index < -0.39 is 0 Å². The molecule has 5 aromatic carbocycles. The highest BCUT2D eigenvalue weighted by Gasteiger charge is 2.39. The zero-order chi connectivity index (χ0) is 32.4. The van der Waals surface area contributed by atoms with Crippen molar-refractivity contribution in [3.8, 4) is 34.0 Å². The summed E-state index contributed by atoms with van der Waals surface area (Å²) in [6.07, 6.45) is 6.70. The van der Waals surface area contributed by atoms with Gasteiger partial charge in [0.15, 0.2) is 0 Å². The minimum absolute atomic E-state index is 0.169. The van der Waals surface area contributed by atoms with Crippen LogP contribution in [0.3, 0.4) is 0 Å². The predicted molar refractivity (Wildman–Crippen MR) is 198 cm³/mol. The summed E-state index contributed by atoms with van der Waals surface area (Å²) < 4.78 is 4.58. The van der Waals surface area contributed by atoms with E-state index in [9.17, 15) is 0 Å². The number of aromatic nitrogens is 4. The summed E-state index contributed by atoms with van der Waals surface area (Å²) in [5, 5.41) is 3.57. The summed E-state index contributed by atoms with van der Waals surface area (Å²) in [7, 11) is 0. The molecule has 0 radical (unpaired) electrons. The predicted octanol–water partition coefficient (Wildman–Crippen LogP) is 10.8. The molecule has 0 N–H and O–H groups in total. The summed E-state index contributed by atoms with van der Waals surface area (Å²) in [5.74, 6) is 0.706. The Bertz CT molecular complexity index is 2670. The first-order valence-corrected chi connectivity index (χ1v) is 16.8. The van der Waals surface area contributed by atoms with E-state index in [0.717, 1.165) is 39.2 Å². The van der Waals surface area contributed by atoms with E-state index >= 15 is 0 Å². The van der Waals surface area contributed by atoms with Gasteiger partial charge in [0, 0.05) is 50.0 Å². The zero-order valence-electron chi connectivity index (χ0n) is 27.5. The molecule has 0 aliphatic heterocycles. The number of allylic oxidation sites excluding steroid dienone is 1. The summed E-state index contributed by atoms with van der Waals surface area (Å²) >= 11 is 0. The fraction of sp³-hybridized carbons (Fsp3) is 0.136. The molecular formula is C44H34N4. The van der Waals surface area contributed by atoms with Crippen molar-refractivity contribution in [2.45, 2.75) is 38.5 Å². The van der Waals surface area contributed by atoms with Gasteiger partial charge in [-0.1, -0.05) is 125 Å². The zero-order valence-corrected chi connectivity index (χ0v) is 27.5. The van der Waals surface area contributed by atoms with Crippen molar-refractivity contribution in [1.29, 1.82) is 0 Å². The van der Waals surface area contributed by atoms with Gasteiger partial charge in [0.1, 0.15) is 0 Å². The van der Waals surface area contributed by atoms with Crippen LogP contribution >= 0.6 is 0 Å². The topological polar surface area (TPSA) is 35.6 Å². The van der Waals surface area contributed by atoms with Crippen molar-refractivity contribution in [3.63, 3.8) is 0 Å². The Morgan fingerprint density at radius 3 is 2.21 bits per heavy atom. The lowest BCUT2D eigenvalue weighted by Gasteiger charge is -2.25. The minimum atomic E-state index is -0.233. The van der Waals surface area contributed by atoms with Crippen LogP contribution < -0.4 is 0 Å². The van der Waals surface area contributed by atoms with Crippen LogP contribution in [0.4, 0.5) is 0 Å². The van der Waals surface area contributed by atoms with E-state index in [1.54, 1.807) is 0 Å². The van der Waals surface area contributed by atoms with Crippen LogP contribution in [0.5, 0.6) is 0 Å². The highest BCUT2D eigenvalue weighted by molar-refractivity contribution is 6.18. The van der Waals surface area contributed by atoms with Crippen LogP contribution in [0.1, 0.15) is 50.1 Å². The van der Waals surface area contributed by atoms with Crippen molar-refractivity contribution in [3.05, 3.63) is 150 Å². The number of para-hydroxylation sites is 2. The van der Waals surface area contributed by atoms with E-state index in [1.165, 1.54) is 44.0 Å². The number of nitrogens with zero attached hydrogens (tertiary/aromatic N) is 4. The second kappa shape index (κ2) is 9.42. The summed E-state index contributed by atoms with van der Waals surface area (Å²) in [4.78, 5) is 11.1. The van der Waals surface area contributed by atoms with E-state index in [2.05, 4.69) is 170 Å². The molecule has 0 bridgehead atoms. The Hall–Kier alpha value is -5.74. The van der Waals surface area contributed by atoms with Crippen molar-refractivity contribution in [2.24, 2.45) is 0 Å². The molecule has 48 heavy (non-hydrogen) atoms. The number of benzene rings is 5. The highest BCUT2D eigenvalue weighted by atomic mass is 15.2. The molecule has 0 unspecified atom stereocenters. The molecule has 3 heterocycles. The Morgan fingerprint density at radius 2 is 1.33 bits per heavy atom. The molecule has 4 heteroatoms. The molecule has 3 aromatic heterocycles. The van der Waals surface area contributed by atoms with E-state index in [4.69, 9.17) is 9.97 Å². The van der Waals surface area contributed by atoms with Crippen LogP contribution in [-0.4, -0.2) is 19.1 Å². The van der Waals surface area contributed by atoms with Gasteiger partial charge in [0.05, 0.1) is 27.9 Å². The number of fused-ring (bicyclic) bond motifs is 9. The van der Waals surface area contributed by atoms with Gasteiger partial charge in [-0.05, 0) is 52.6 Å². The van der Waals surface area contributed by atoms with Crippen LogP contribution in [0.15, 0.2) is 128 Å². The standard InChI is InChI=1S/C44H34N4/c1-43(2)25-23-34-39(33-18-12-17-30-28-15-8-10-19-35(28)44(3,4)38(30)33)45-42(46-41(34)43)48-37-20-11-9-16-29(37)31-21-22-36-32(40(31)48)24-26-47(36)27-13-6-5-7-14-27/h5-26H,1-4H3. The second-order valence-corrected chi connectivity index (χ2v) is 14.4. The molecule has 10 rings (SSSR count). The van der Waals surface area contributed by atoms with Crippen LogP contribution in [0.2, 0.25) is 0 Å². The quantitative estimate of drug-likeness (QED) is 0.197. The first-order valence-electron chi connectivity index (χ1n) is 16.8. The Labute approximate surface area is 279 Å². The SMILES string of the molecule is CC1(C)C=Cc2c(-c3cccc4c3C(C)(C)c3ccccc3-4)nc(-n3c4ccccc4c4ccc5c(ccn5-c5ccccc5)c43)nc21. The lowest BCUT2D eigenvalue weighted by molar-refractivity contribution is 0.649. The molecule has 0 amide bonds. The third-order valence-electron chi connectivity index (χ3n) is 10.8.